The number of halogens is 3. The number of rotatable bonds is 3. The zero-order valence-electron chi connectivity index (χ0n) is 10.1. The summed E-state index contributed by atoms with van der Waals surface area (Å²) in [5.74, 6) is 0.272. The summed E-state index contributed by atoms with van der Waals surface area (Å²) in [7, 11) is -3.42. The lowest BCUT2D eigenvalue weighted by Gasteiger charge is -2.17. The third-order valence-electron chi connectivity index (χ3n) is 3.09. The number of sulfonamides is 1. The first-order chi connectivity index (χ1) is 8.45. The first-order valence-corrected chi connectivity index (χ1v) is 8.63. The van der Waals surface area contributed by atoms with Gasteiger partial charge in [-0.25, -0.2) is 8.42 Å². The summed E-state index contributed by atoms with van der Waals surface area (Å²) in [6, 6.07) is 5.08. The molecule has 2 rings (SSSR count). The molecule has 4 nitrogen and oxygen atoms in total. The van der Waals surface area contributed by atoms with Crippen molar-refractivity contribution in [2.24, 2.45) is 11.7 Å². The monoisotopic (exact) mass is 432 g/mol. The Hall–Kier alpha value is 0.340. The number of hydrogen-bond donors (Lipinski definition) is 1. The lowest BCUT2D eigenvalue weighted by Crippen LogP contribution is -2.30. The fraction of sp³-hybridized carbons (Fsp3) is 0.455. The fourth-order valence-electron chi connectivity index (χ4n) is 2.03. The van der Waals surface area contributed by atoms with Crippen LogP contribution in [0.2, 0.25) is 0 Å². The largest absolute Gasteiger partial charge is 0.330 e. The van der Waals surface area contributed by atoms with Crippen molar-refractivity contribution in [1.29, 1.82) is 0 Å². The lowest BCUT2D eigenvalue weighted by molar-refractivity contribution is 0.458. The van der Waals surface area contributed by atoms with Crippen LogP contribution in [-0.2, 0) is 10.0 Å². The van der Waals surface area contributed by atoms with Gasteiger partial charge in [0, 0.05) is 22.0 Å². The van der Waals surface area contributed by atoms with Crippen LogP contribution in [0.5, 0.6) is 0 Å². The Morgan fingerprint density at radius 3 is 2.58 bits per heavy atom. The number of hydrogen-bond acceptors (Lipinski definition) is 3. The van der Waals surface area contributed by atoms with Crippen molar-refractivity contribution in [1.82, 2.24) is 4.31 Å². The Kier molecular flexibility index (Phi) is 6.28. The molecule has 1 saturated heterocycles. The molecule has 0 bridgehead atoms. The van der Waals surface area contributed by atoms with Crippen LogP contribution in [-0.4, -0.2) is 32.4 Å². The fourth-order valence-corrected chi connectivity index (χ4v) is 5.27. The van der Waals surface area contributed by atoms with E-state index >= 15 is 0 Å². The second-order valence-corrected chi connectivity index (χ2v) is 8.00. The Morgan fingerprint density at radius 2 is 2.05 bits per heavy atom. The van der Waals surface area contributed by atoms with Crippen LogP contribution in [0.15, 0.2) is 32.0 Å². The number of nitrogens with zero attached hydrogens (tertiary/aromatic N) is 1. The third kappa shape index (κ3) is 3.71. The second kappa shape index (κ2) is 6.87. The molecule has 2 N–H and O–H groups in total. The lowest BCUT2D eigenvalue weighted by atomic mass is 10.1. The Labute approximate surface area is 136 Å². The van der Waals surface area contributed by atoms with E-state index in [2.05, 4.69) is 31.9 Å². The average molecular weight is 435 g/mol. The maximum atomic E-state index is 12.5. The van der Waals surface area contributed by atoms with Crippen molar-refractivity contribution in [3.63, 3.8) is 0 Å². The Balaban J connectivity index is 0.00000180. The Morgan fingerprint density at radius 1 is 1.37 bits per heavy atom. The summed E-state index contributed by atoms with van der Waals surface area (Å²) < 4.78 is 27.9. The predicted molar refractivity (Wildman–Crippen MR) is 85.0 cm³/mol. The normalized spacial score (nSPS) is 20.3. The Bertz CT molecular complexity index is 554. The topological polar surface area (TPSA) is 63.4 Å². The molecular formula is C11H15Br2ClN2O2S. The third-order valence-corrected chi connectivity index (χ3v) is 6.43. The molecule has 1 aliphatic heterocycles. The molecule has 1 fully saturated rings. The van der Waals surface area contributed by atoms with Crippen molar-refractivity contribution in [3.05, 3.63) is 27.1 Å². The molecule has 0 saturated carbocycles. The van der Waals surface area contributed by atoms with Gasteiger partial charge in [0.05, 0.1) is 4.90 Å². The van der Waals surface area contributed by atoms with Crippen molar-refractivity contribution in [2.45, 2.75) is 11.3 Å². The molecule has 0 amide bonds. The van der Waals surface area contributed by atoms with Crippen molar-refractivity contribution >= 4 is 54.3 Å². The van der Waals surface area contributed by atoms with Gasteiger partial charge in [0.2, 0.25) is 10.0 Å². The first kappa shape index (κ1) is 17.4. The maximum absolute atomic E-state index is 12.5. The predicted octanol–water partition coefficient (Wildman–Crippen LogP) is 2.60. The van der Waals surface area contributed by atoms with Crippen LogP contribution >= 0.6 is 44.3 Å². The van der Waals surface area contributed by atoms with Gasteiger partial charge in [-0.1, -0.05) is 15.9 Å². The molecule has 1 aromatic carbocycles. The zero-order valence-corrected chi connectivity index (χ0v) is 14.9. The van der Waals surface area contributed by atoms with E-state index in [1.165, 1.54) is 4.31 Å². The van der Waals surface area contributed by atoms with Crippen molar-refractivity contribution in [2.75, 3.05) is 19.6 Å². The van der Waals surface area contributed by atoms with Gasteiger partial charge in [-0.3, -0.25) is 0 Å². The van der Waals surface area contributed by atoms with Crippen LogP contribution in [0.25, 0.3) is 0 Å². The van der Waals surface area contributed by atoms with Gasteiger partial charge >= 0.3 is 0 Å². The van der Waals surface area contributed by atoms with Gasteiger partial charge in [-0.2, -0.15) is 4.31 Å². The van der Waals surface area contributed by atoms with Gasteiger partial charge in [0.15, 0.2) is 0 Å². The smallest absolute Gasteiger partial charge is 0.244 e. The highest BCUT2D eigenvalue weighted by Gasteiger charge is 2.32. The van der Waals surface area contributed by atoms with Crippen LogP contribution in [0.1, 0.15) is 6.42 Å². The van der Waals surface area contributed by atoms with Gasteiger partial charge in [-0.05, 0) is 53.0 Å². The summed E-state index contributed by atoms with van der Waals surface area (Å²) in [5, 5.41) is 0. The zero-order chi connectivity index (χ0) is 13.3. The van der Waals surface area contributed by atoms with Gasteiger partial charge < -0.3 is 5.73 Å². The van der Waals surface area contributed by atoms with E-state index in [1.807, 2.05) is 0 Å². The molecule has 1 aromatic rings. The molecule has 1 heterocycles. The number of nitrogens with two attached hydrogens (primary N) is 1. The highest BCUT2D eigenvalue weighted by molar-refractivity contribution is 9.11. The molecule has 1 unspecified atom stereocenters. The summed E-state index contributed by atoms with van der Waals surface area (Å²) in [6.45, 7) is 1.60. The minimum absolute atomic E-state index is 0. The van der Waals surface area contributed by atoms with Crippen molar-refractivity contribution in [3.8, 4) is 0 Å². The van der Waals surface area contributed by atoms with Crippen LogP contribution in [0.3, 0.4) is 0 Å². The first-order valence-electron chi connectivity index (χ1n) is 5.60. The number of benzene rings is 1. The van der Waals surface area contributed by atoms with E-state index in [9.17, 15) is 8.42 Å². The summed E-state index contributed by atoms with van der Waals surface area (Å²) in [6.07, 6.45) is 0.837. The molecule has 1 atom stereocenters. The van der Waals surface area contributed by atoms with Crippen LogP contribution < -0.4 is 5.73 Å². The minimum atomic E-state index is -3.42. The highest BCUT2D eigenvalue weighted by atomic mass is 79.9. The van der Waals surface area contributed by atoms with E-state index in [4.69, 9.17) is 5.73 Å². The molecule has 108 valence electrons. The standard InChI is InChI=1S/C11H14Br2N2O2S.ClH/c12-9-1-2-11(10(13)5-9)18(16,17)15-4-3-8(6-14)7-15;/h1-2,5,8H,3-4,6-7,14H2;1H. The summed E-state index contributed by atoms with van der Waals surface area (Å²) >= 11 is 6.61. The highest BCUT2D eigenvalue weighted by Crippen LogP contribution is 2.30. The van der Waals surface area contributed by atoms with E-state index in [-0.39, 0.29) is 18.3 Å². The van der Waals surface area contributed by atoms with Gasteiger partial charge in [-0.15, -0.1) is 12.4 Å². The van der Waals surface area contributed by atoms with Crippen LogP contribution in [0.4, 0.5) is 0 Å². The van der Waals surface area contributed by atoms with Gasteiger partial charge in [0.25, 0.3) is 0 Å². The van der Waals surface area contributed by atoms with E-state index in [0.29, 0.717) is 29.0 Å². The van der Waals surface area contributed by atoms with E-state index < -0.39 is 10.0 Å². The average Bonchev–Trinajstić information content (AvgIpc) is 2.77. The summed E-state index contributed by atoms with van der Waals surface area (Å²) in [5.41, 5.74) is 5.59. The molecule has 1 aliphatic rings. The van der Waals surface area contributed by atoms with E-state index in [0.717, 1.165) is 10.9 Å². The second-order valence-electron chi connectivity index (χ2n) is 4.33. The van der Waals surface area contributed by atoms with Crippen molar-refractivity contribution < 1.29 is 8.42 Å². The molecule has 0 radical (unpaired) electrons. The molecule has 0 aliphatic carbocycles. The molecule has 0 aromatic heterocycles. The summed E-state index contributed by atoms with van der Waals surface area (Å²) in [4.78, 5) is 0.309. The van der Waals surface area contributed by atoms with Crippen LogP contribution in [0, 0.1) is 5.92 Å². The molecule has 19 heavy (non-hydrogen) atoms. The maximum Gasteiger partial charge on any atom is 0.244 e. The molecular weight excluding hydrogens is 419 g/mol. The van der Waals surface area contributed by atoms with Gasteiger partial charge in [0.1, 0.15) is 0 Å². The SMILES string of the molecule is Cl.NCC1CCN(S(=O)(=O)c2ccc(Br)cc2Br)C1. The molecule has 0 spiro atoms. The molecule has 8 heteroatoms. The van der Waals surface area contributed by atoms with E-state index in [1.54, 1.807) is 18.2 Å². The quantitative estimate of drug-likeness (QED) is 0.796. The minimum Gasteiger partial charge on any atom is -0.330 e.